The molecule has 0 aliphatic carbocycles. The number of aliphatic carboxylic acids is 1. The number of aromatic nitrogens is 1. The first-order valence-electron chi connectivity index (χ1n) is 9.10. The molecule has 0 saturated carbocycles. The van der Waals surface area contributed by atoms with E-state index in [1.54, 1.807) is 24.3 Å². The van der Waals surface area contributed by atoms with Crippen molar-refractivity contribution in [2.45, 2.75) is 12.8 Å². The van der Waals surface area contributed by atoms with Crippen LogP contribution >= 0.6 is 0 Å². The van der Waals surface area contributed by atoms with Gasteiger partial charge in [0.05, 0.1) is 19.3 Å². The zero-order chi connectivity index (χ0) is 20.1. The van der Waals surface area contributed by atoms with Crippen LogP contribution in [0.4, 0.5) is 0 Å². The number of methoxy groups -OCH3 is 2. The maximum atomic E-state index is 13.0. The summed E-state index contributed by atoms with van der Waals surface area (Å²) in [5.41, 5.74) is 1.10. The zero-order valence-electron chi connectivity index (χ0n) is 16.1. The van der Waals surface area contributed by atoms with E-state index in [2.05, 4.69) is 4.98 Å². The van der Waals surface area contributed by atoms with Crippen molar-refractivity contribution in [2.24, 2.45) is 5.41 Å². The molecule has 148 valence electrons. The highest BCUT2D eigenvalue weighted by Crippen LogP contribution is 2.32. The molecule has 1 atom stereocenters. The van der Waals surface area contributed by atoms with E-state index in [-0.39, 0.29) is 19.1 Å². The molecule has 3 rings (SSSR count). The van der Waals surface area contributed by atoms with Crippen molar-refractivity contribution >= 4 is 11.9 Å². The van der Waals surface area contributed by atoms with Gasteiger partial charge in [-0.25, -0.2) is 0 Å². The van der Waals surface area contributed by atoms with Gasteiger partial charge in [0.2, 0.25) is 0 Å². The van der Waals surface area contributed by atoms with E-state index < -0.39 is 11.4 Å². The van der Waals surface area contributed by atoms with Crippen molar-refractivity contribution in [2.75, 3.05) is 33.9 Å². The van der Waals surface area contributed by atoms with E-state index in [0.29, 0.717) is 24.9 Å². The van der Waals surface area contributed by atoms with Crippen LogP contribution < -0.4 is 4.74 Å². The van der Waals surface area contributed by atoms with Crippen molar-refractivity contribution in [3.05, 3.63) is 48.3 Å². The molecule has 1 unspecified atom stereocenters. The fourth-order valence-electron chi connectivity index (χ4n) is 3.62. The minimum atomic E-state index is -1.07. The predicted molar refractivity (Wildman–Crippen MR) is 103 cm³/mol. The van der Waals surface area contributed by atoms with Gasteiger partial charge in [0.25, 0.3) is 5.91 Å². The van der Waals surface area contributed by atoms with E-state index in [0.717, 1.165) is 16.9 Å². The summed E-state index contributed by atoms with van der Waals surface area (Å²) >= 11 is 0. The number of carbonyl (C=O) groups excluding carboxylic acids is 1. The van der Waals surface area contributed by atoms with Crippen molar-refractivity contribution in [3.8, 4) is 16.9 Å². The van der Waals surface area contributed by atoms with Crippen molar-refractivity contribution in [3.63, 3.8) is 0 Å². The molecule has 7 heteroatoms. The first kappa shape index (κ1) is 19.8. The molecule has 0 bridgehead atoms. The summed E-state index contributed by atoms with van der Waals surface area (Å²) in [7, 11) is 3.09. The topological polar surface area (TPSA) is 89.0 Å². The Kier molecular flexibility index (Phi) is 5.94. The van der Waals surface area contributed by atoms with Crippen LogP contribution in [0.25, 0.3) is 11.1 Å². The number of carboxylic acids is 1. The Morgan fingerprint density at radius 3 is 2.57 bits per heavy atom. The minimum absolute atomic E-state index is 0.0796. The normalized spacial score (nSPS) is 19.3. The van der Waals surface area contributed by atoms with E-state index in [9.17, 15) is 14.7 Å². The monoisotopic (exact) mass is 384 g/mol. The molecule has 1 aromatic carbocycles. The maximum absolute atomic E-state index is 13.0. The Morgan fingerprint density at radius 1 is 1.18 bits per heavy atom. The number of ether oxygens (including phenoxy) is 2. The second-order valence-electron chi connectivity index (χ2n) is 7.04. The molecular weight excluding hydrogens is 360 g/mol. The molecule has 1 aromatic heterocycles. The third-order valence-corrected chi connectivity index (χ3v) is 5.15. The Labute approximate surface area is 163 Å². The molecule has 1 amide bonds. The van der Waals surface area contributed by atoms with Crippen molar-refractivity contribution in [1.29, 1.82) is 0 Å². The van der Waals surface area contributed by atoms with Gasteiger partial charge in [0.15, 0.2) is 0 Å². The zero-order valence-corrected chi connectivity index (χ0v) is 16.1. The summed E-state index contributed by atoms with van der Waals surface area (Å²) in [6.45, 7) is 0.725. The summed E-state index contributed by atoms with van der Waals surface area (Å²) in [4.78, 5) is 30.6. The molecule has 1 aliphatic heterocycles. The van der Waals surface area contributed by atoms with Crippen molar-refractivity contribution < 1.29 is 24.2 Å². The molecule has 7 nitrogen and oxygen atoms in total. The summed E-state index contributed by atoms with van der Waals surface area (Å²) in [5.74, 6) is -0.401. The second-order valence-corrected chi connectivity index (χ2v) is 7.04. The Bertz CT molecular complexity index is 848. The van der Waals surface area contributed by atoms with Crippen LogP contribution in [0.3, 0.4) is 0 Å². The molecule has 0 spiro atoms. The van der Waals surface area contributed by atoms with Gasteiger partial charge in [0.1, 0.15) is 11.2 Å². The molecular formula is C21H24N2O5. The van der Waals surface area contributed by atoms with E-state index in [1.807, 2.05) is 24.3 Å². The summed E-state index contributed by atoms with van der Waals surface area (Å²) < 4.78 is 10.3. The lowest BCUT2D eigenvalue weighted by molar-refractivity contribution is -0.155. The average molecular weight is 384 g/mol. The van der Waals surface area contributed by atoms with Crippen LogP contribution in [0.5, 0.6) is 5.75 Å². The van der Waals surface area contributed by atoms with E-state index in [1.165, 1.54) is 13.3 Å². The molecule has 28 heavy (non-hydrogen) atoms. The average Bonchev–Trinajstić information content (AvgIpc) is 2.73. The molecule has 1 saturated heterocycles. The number of piperidine rings is 1. The third-order valence-electron chi connectivity index (χ3n) is 5.15. The summed E-state index contributed by atoms with van der Waals surface area (Å²) in [6, 6.07) is 9.28. The molecule has 0 radical (unpaired) electrons. The molecule has 1 fully saturated rings. The number of rotatable bonds is 6. The highest BCUT2D eigenvalue weighted by molar-refractivity contribution is 5.95. The lowest BCUT2D eigenvalue weighted by Crippen LogP contribution is -2.52. The van der Waals surface area contributed by atoms with Gasteiger partial charge in [-0.2, -0.15) is 0 Å². The van der Waals surface area contributed by atoms with E-state index >= 15 is 0 Å². The second kappa shape index (κ2) is 8.39. The summed E-state index contributed by atoms with van der Waals surface area (Å²) in [6.07, 6.45) is 4.32. The highest BCUT2D eigenvalue weighted by Gasteiger charge is 2.44. The Balaban J connectivity index is 1.83. The van der Waals surface area contributed by atoms with Crippen LogP contribution in [-0.2, 0) is 9.53 Å². The largest absolute Gasteiger partial charge is 0.497 e. The van der Waals surface area contributed by atoms with Crippen LogP contribution in [0, 0.1) is 5.41 Å². The van der Waals surface area contributed by atoms with Gasteiger partial charge in [-0.3, -0.25) is 14.6 Å². The van der Waals surface area contributed by atoms with Crippen LogP contribution in [0.1, 0.15) is 23.2 Å². The molecule has 2 heterocycles. The number of amides is 1. The van der Waals surface area contributed by atoms with Crippen LogP contribution in [0.2, 0.25) is 0 Å². The highest BCUT2D eigenvalue weighted by atomic mass is 16.5. The number of likely N-dealkylation sites (tertiary alicyclic amines) is 1. The number of benzene rings is 1. The van der Waals surface area contributed by atoms with Gasteiger partial charge < -0.3 is 19.5 Å². The number of hydrogen-bond acceptors (Lipinski definition) is 5. The minimum Gasteiger partial charge on any atom is -0.497 e. The molecule has 1 N–H and O–H groups in total. The number of pyridine rings is 1. The predicted octanol–water partition coefficient (Wildman–Crippen LogP) is 2.71. The standard InChI is InChI=1S/C21H24N2O5/c1-27-14-21(20(25)26)8-3-9-23(13-21)19(24)17-10-16(11-22-12-17)15-4-6-18(28-2)7-5-15/h4-7,10-12H,3,8-9,13-14H2,1-2H3,(H,25,26). The molecule has 1 aliphatic rings. The lowest BCUT2D eigenvalue weighted by Gasteiger charge is -2.39. The quantitative estimate of drug-likeness (QED) is 0.824. The first-order valence-corrected chi connectivity index (χ1v) is 9.10. The fourth-order valence-corrected chi connectivity index (χ4v) is 3.62. The maximum Gasteiger partial charge on any atom is 0.313 e. The SMILES string of the molecule is COCC1(C(=O)O)CCCN(C(=O)c2cncc(-c3ccc(OC)cc3)c2)C1. The van der Waals surface area contributed by atoms with E-state index in [4.69, 9.17) is 9.47 Å². The number of carbonyl (C=O) groups is 2. The van der Waals surface area contributed by atoms with Gasteiger partial charge in [-0.1, -0.05) is 12.1 Å². The lowest BCUT2D eigenvalue weighted by atomic mass is 9.80. The first-order chi connectivity index (χ1) is 13.5. The Morgan fingerprint density at radius 2 is 1.93 bits per heavy atom. The fraction of sp³-hybridized carbons (Fsp3) is 0.381. The number of nitrogens with zero attached hydrogens (tertiary/aromatic N) is 2. The molecule has 2 aromatic rings. The van der Waals surface area contributed by atoms with Gasteiger partial charge in [0, 0.05) is 38.2 Å². The van der Waals surface area contributed by atoms with Crippen LogP contribution in [-0.4, -0.2) is 60.8 Å². The summed E-state index contributed by atoms with van der Waals surface area (Å²) in [5, 5.41) is 9.68. The van der Waals surface area contributed by atoms with Gasteiger partial charge in [-0.05, 0) is 36.6 Å². The van der Waals surface area contributed by atoms with Crippen LogP contribution in [0.15, 0.2) is 42.7 Å². The van der Waals surface area contributed by atoms with Crippen molar-refractivity contribution in [1.82, 2.24) is 9.88 Å². The third kappa shape index (κ3) is 3.99. The number of carboxylic acid groups (broad SMARTS) is 1. The Hall–Kier alpha value is -2.93. The number of hydrogen-bond donors (Lipinski definition) is 1. The smallest absolute Gasteiger partial charge is 0.313 e. The van der Waals surface area contributed by atoms with Gasteiger partial charge in [-0.15, -0.1) is 0 Å². The van der Waals surface area contributed by atoms with Gasteiger partial charge >= 0.3 is 5.97 Å².